The van der Waals surface area contributed by atoms with Gasteiger partial charge in [-0.15, -0.1) is 11.8 Å². The lowest BCUT2D eigenvalue weighted by Gasteiger charge is -2.05. The summed E-state index contributed by atoms with van der Waals surface area (Å²) in [6, 6.07) is 10.0. The molecule has 1 unspecified atom stereocenters. The van der Waals surface area contributed by atoms with Crippen LogP contribution < -0.4 is 5.73 Å². The maximum Gasteiger partial charge on any atom is 0.228 e. The van der Waals surface area contributed by atoms with E-state index in [0.717, 1.165) is 0 Å². The van der Waals surface area contributed by atoms with Crippen molar-refractivity contribution < 1.29 is 9.26 Å². The molecule has 1 atom stereocenters. The van der Waals surface area contributed by atoms with Gasteiger partial charge in [-0.2, -0.15) is 4.98 Å². The molecule has 1 aromatic carbocycles. The fourth-order valence-electron chi connectivity index (χ4n) is 1.59. The molecule has 5 nitrogen and oxygen atoms in total. The molecule has 1 heterocycles. The molecule has 0 spiro atoms. The van der Waals surface area contributed by atoms with Gasteiger partial charge < -0.3 is 15.0 Å². The molecule has 0 saturated carbocycles. The second kappa shape index (κ2) is 7.28. The van der Waals surface area contributed by atoms with Crippen molar-refractivity contribution in [2.45, 2.75) is 23.1 Å². The van der Waals surface area contributed by atoms with Gasteiger partial charge in [0.25, 0.3) is 0 Å². The van der Waals surface area contributed by atoms with Gasteiger partial charge in [0, 0.05) is 24.5 Å². The van der Waals surface area contributed by atoms with E-state index in [0.29, 0.717) is 30.5 Å². The van der Waals surface area contributed by atoms with Crippen LogP contribution in [0.15, 0.2) is 39.8 Å². The molecule has 2 N–H and O–H groups in total. The molecule has 0 bridgehead atoms. The highest BCUT2D eigenvalue weighted by molar-refractivity contribution is 7.98. The standard InChI is InChI=1S/C13H17N3O2S/c1-17-8-10(14)7-13-15-12(16-18-13)9-19-11-5-3-2-4-6-11/h2-6,10H,7-9,14H2,1H3. The van der Waals surface area contributed by atoms with Crippen LogP contribution in [0.25, 0.3) is 0 Å². The summed E-state index contributed by atoms with van der Waals surface area (Å²) < 4.78 is 10.1. The number of rotatable bonds is 7. The molecule has 0 radical (unpaired) electrons. The largest absolute Gasteiger partial charge is 0.383 e. The molecule has 0 aliphatic rings. The number of methoxy groups -OCH3 is 1. The smallest absolute Gasteiger partial charge is 0.228 e. The van der Waals surface area contributed by atoms with Crippen LogP contribution in [0.2, 0.25) is 0 Å². The van der Waals surface area contributed by atoms with Crippen molar-refractivity contribution in [2.24, 2.45) is 5.73 Å². The number of aromatic nitrogens is 2. The number of nitrogens with zero attached hydrogens (tertiary/aromatic N) is 2. The summed E-state index contributed by atoms with van der Waals surface area (Å²) in [4.78, 5) is 5.50. The van der Waals surface area contributed by atoms with Crippen molar-refractivity contribution in [3.8, 4) is 0 Å². The molecule has 19 heavy (non-hydrogen) atoms. The maximum absolute atomic E-state index is 5.83. The second-order valence-electron chi connectivity index (χ2n) is 4.13. The van der Waals surface area contributed by atoms with E-state index in [4.69, 9.17) is 15.0 Å². The predicted molar refractivity (Wildman–Crippen MR) is 73.9 cm³/mol. The Balaban J connectivity index is 1.84. The van der Waals surface area contributed by atoms with Crippen molar-refractivity contribution in [1.29, 1.82) is 0 Å². The van der Waals surface area contributed by atoms with Crippen LogP contribution in [-0.2, 0) is 16.9 Å². The Morgan fingerprint density at radius 2 is 2.16 bits per heavy atom. The molecule has 102 valence electrons. The van der Waals surface area contributed by atoms with Gasteiger partial charge in [-0.1, -0.05) is 23.4 Å². The van der Waals surface area contributed by atoms with E-state index in [2.05, 4.69) is 22.3 Å². The Morgan fingerprint density at radius 3 is 2.89 bits per heavy atom. The Kier molecular flexibility index (Phi) is 5.38. The minimum atomic E-state index is -0.111. The summed E-state index contributed by atoms with van der Waals surface area (Å²) in [5.41, 5.74) is 5.83. The van der Waals surface area contributed by atoms with E-state index in [-0.39, 0.29) is 6.04 Å². The van der Waals surface area contributed by atoms with E-state index >= 15 is 0 Å². The zero-order valence-corrected chi connectivity index (χ0v) is 11.6. The monoisotopic (exact) mass is 279 g/mol. The van der Waals surface area contributed by atoms with E-state index in [1.165, 1.54) is 4.90 Å². The molecule has 0 aliphatic heterocycles. The fraction of sp³-hybridized carbons (Fsp3) is 0.385. The average molecular weight is 279 g/mol. The summed E-state index contributed by atoms with van der Waals surface area (Å²) in [5.74, 6) is 1.94. The van der Waals surface area contributed by atoms with E-state index in [1.807, 2.05) is 18.2 Å². The second-order valence-corrected chi connectivity index (χ2v) is 5.17. The minimum Gasteiger partial charge on any atom is -0.383 e. The number of thioether (sulfide) groups is 1. The molecule has 0 aliphatic carbocycles. The lowest BCUT2D eigenvalue weighted by Crippen LogP contribution is -2.28. The van der Waals surface area contributed by atoms with Crippen LogP contribution in [0.4, 0.5) is 0 Å². The van der Waals surface area contributed by atoms with Crippen molar-refractivity contribution in [1.82, 2.24) is 10.1 Å². The highest BCUT2D eigenvalue weighted by Gasteiger charge is 2.11. The Morgan fingerprint density at radius 1 is 1.37 bits per heavy atom. The molecule has 6 heteroatoms. The van der Waals surface area contributed by atoms with E-state index in [1.54, 1.807) is 18.9 Å². The summed E-state index contributed by atoms with van der Waals surface area (Å²) in [7, 11) is 1.62. The lowest BCUT2D eigenvalue weighted by molar-refractivity contribution is 0.176. The average Bonchev–Trinajstić information content (AvgIpc) is 2.85. The SMILES string of the molecule is COCC(N)Cc1nc(CSc2ccccc2)no1. The number of hydrogen-bond donors (Lipinski definition) is 1. The van der Waals surface area contributed by atoms with Gasteiger partial charge in [-0.25, -0.2) is 0 Å². The van der Waals surface area contributed by atoms with E-state index in [9.17, 15) is 0 Å². The summed E-state index contributed by atoms with van der Waals surface area (Å²) in [6.07, 6.45) is 0.539. The summed E-state index contributed by atoms with van der Waals surface area (Å²) in [5, 5.41) is 3.94. The quantitative estimate of drug-likeness (QED) is 0.780. The van der Waals surface area contributed by atoms with Crippen LogP contribution in [0.5, 0.6) is 0 Å². The molecule has 1 aromatic heterocycles. The molecule has 0 amide bonds. The first-order valence-corrected chi connectivity index (χ1v) is 7.00. The Bertz CT molecular complexity index is 490. The number of hydrogen-bond acceptors (Lipinski definition) is 6. The Hall–Kier alpha value is -1.37. The van der Waals surface area contributed by atoms with Gasteiger partial charge in [0.05, 0.1) is 12.4 Å². The van der Waals surface area contributed by atoms with Gasteiger partial charge in [0.2, 0.25) is 5.89 Å². The van der Waals surface area contributed by atoms with Crippen molar-refractivity contribution in [3.63, 3.8) is 0 Å². The highest BCUT2D eigenvalue weighted by atomic mass is 32.2. The summed E-state index contributed by atoms with van der Waals surface area (Å²) >= 11 is 1.68. The number of benzene rings is 1. The molecule has 0 saturated heterocycles. The number of nitrogens with two attached hydrogens (primary N) is 1. The normalized spacial score (nSPS) is 12.5. The fourth-order valence-corrected chi connectivity index (χ4v) is 2.36. The van der Waals surface area contributed by atoms with Crippen molar-refractivity contribution >= 4 is 11.8 Å². The van der Waals surface area contributed by atoms with E-state index < -0.39 is 0 Å². The van der Waals surface area contributed by atoms with Crippen molar-refractivity contribution in [3.05, 3.63) is 42.0 Å². The van der Waals surface area contributed by atoms with Crippen molar-refractivity contribution in [2.75, 3.05) is 13.7 Å². The maximum atomic E-state index is 5.83. The van der Waals surface area contributed by atoms with Gasteiger partial charge in [0.1, 0.15) is 0 Å². The third-order valence-electron chi connectivity index (χ3n) is 2.44. The predicted octanol–water partition coefficient (Wildman–Crippen LogP) is 1.88. The zero-order valence-electron chi connectivity index (χ0n) is 10.8. The van der Waals surface area contributed by atoms with Gasteiger partial charge in [0.15, 0.2) is 5.82 Å². The highest BCUT2D eigenvalue weighted by Crippen LogP contribution is 2.20. The molecular formula is C13H17N3O2S. The van der Waals surface area contributed by atoms with Gasteiger partial charge in [-0.3, -0.25) is 0 Å². The molecular weight excluding hydrogens is 262 g/mol. The molecule has 0 fully saturated rings. The zero-order chi connectivity index (χ0) is 13.5. The van der Waals surface area contributed by atoms with Crippen LogP contribution in [0, 0.1) is 0 Å². The van der Waals surface area contributed by atoms with Gasteiger partial charge in [-0.05, 0) is 12.1 Å². The van der Waals surface area contributed by atoms with Crippen LogP contribution in [-0.4, -0.2) is 29.9 Å². The third-order valence-corrected chi connectivity index (χ3v) is 3.45. The Labute approximate surface area is 116 Å². The third kappa shape index (κ3) is 4.66. The van der Waals surface area contributed by atoms with Gasteiger partial charge >= 0.3 is 0 Å². The first-order valence-electron chi connectivity index (χ1n) is 6.01. The first kappa shape index (κ1) is 14.0. The lowest BCUT2D eigenvalue weighted by atomic mass is 10.2. The first-order chi connectivity index (χ1) is 9.28. The topological polar surface area (TPSA) is 74.2 Å². The summed E-state index contributed by atoms with van der Waals surface area (Å²) in [6.45, 7) is 0.483. The number of ether oxygens (including phenoxy) is 1. The van der Waals surface area contributed by atoms with Crippen LogP contribution >= 0.6 is 11.8 Å². The minimum absolute atomic E-state index is 0.111. The van der Waals surface area contributed by atoms with Crippen LogP contribution in [0.3, 0.4) is 0 Å². The molecule has 2 aromatic rings. The van der Waals surface area contributed by atoms with Crippen LogP contribution in [0.1, 0.15) is 11.7 Å². The molecule has 2 rings (SSSR count).